The zero-order valence-corrected chi connectivity index (χ0v) is 34.5. The molecule has 0 spiro atoms. The Kier molecular flexibility index (Phi) is 9.77. The zero-order valence-electron chi connectivity index (χ0n) is 34.5. The molecule has 4 fully saturated rings. The number of rotatable bonds is 9. The third-order valence-corrected chi connectivity index (χ3v) is 17.2. The van der Waals surface area contributed by atoms with Crippen LogP contribution in [0, 0.1) is 62.1 Å². The lowest BCUT2D eigenvalue weighted by molar-refractivity contribution is -0.254. The SMILES string of the molecule is CNC(=O)c1ncnn1[C@@H]1C[C@@]23COCC(C)([C@H]1OC[C@](C)(NC)C(C)(C)C)[C@@H]2CC[C@H]1C3=CC[C@@]2(C)[C@H](C(=O)O)[C@@](C)([C@H](C)C(C)C)CC[C@]12C. The van der Waals surface area contributed by atoms with Gasteiger partial charge >= 0.3 is 5.97 Å². The highest BCUT2D eigenvalue weighted by molar-refractivity contribution is 5.90. The van der Waals surface area contributed by atoms with Crippen molar-refractivity contribution in [2.75, 3.05) is 33.9 Å². The standard InChI is InChI=1S/C42H69N5O5/c1-25(2)26(3)37(7)18-19-39(9)27-14-15-30-38(8)21-51-23-42(30,28(27)16-17-40(39,10)31(37)35(49)50)20-29(47-33(34(48)43-12)45-24-46-47)32(38)52-22-41(11,44-13)36(4,5)6/h16,24-27,29-32,44H,14-15,17-23H2,1-13H3,(H,43,48)(H,49,50)/t26-,27+,29-,30+,31-,32+,37-,38?,39-,40+,41+,42+/m1/s1. The molecular formula is C42H69N5O5. The molecular weight excluding hydrogens is 654 g/mol. The molecule has 1 unspecified atom stereocenters. The third-order valence-electron chi connectivity index (χ3n) is 17.2. The van der Waals surface area contributed by atoms with Crippen LogP contribution in [0.25, 0.3) is 0 Å². The Morgan fingerprint density at radius 2 is 1.75 bits per heavy atom. The monoisotopic (exact) mass is 724 g/mol. The highest BCUT2D eigenvalue weighted by Crippen LogP contribution is 2.75. The molecule has 1 aliphatic heterocycles. The van der Waals surface area contributed by atoms with Gasteiger partial charge in [0.15, 0.2) is 0 Å². The van der Waals surface area contributed by atoms with Crippen molar-refractivity contribution in [1.29, 1.82) is 0 Å². The first-order valence-corrected chi connectivity index (χ1v) is 20.0. The van der Waals surface area contributed by atoms with Gasteiger partial charge in [0.2, 0.25) is 5.82 Å². The van der Waals surface area contributed by atoms with Gasteiger partial charge in [0.05, 0.1) is 37.9 Å². The number of allylic oxidation sites excluding steroid dienone is 1. The topological polar surface area (TPSA) is 128 Å². The highest BCUT2D eigenvalue weighted by Gasteiger charge is 2.72. The van der Waals surface area contributed by atoms with Gasteiger partial charge in [-0.3, -0.25) is 9.59 Å². The summed E-state index contributed by atoms with van der Waals surface area (Å²) < 4.78 is 15.8. The van der Waals surface area contributed by atoms with E-state index in [0.29, 0.717) is 43.4 Å². The van der Waals surface area contributed by atoms with Crippen molar-refractivity contribution in [3.8, 4) is 0 Å². The smallest absolute Gasteiger partial charge is 0.307 e. The van der Waals surface area contributed by atoms with Crippen molar-refractivity contribution < 1.29 is 24.2 Å². The number of carboxylic acid groups (broad SMARTS) is 1. The van der Waals surface area contributed by atoms with Gasteiger partial charge in [-0.05, 0) is 97.8 Å². The van der Waals surface area contributed by atoms with E-state index in [-0.39, 0.29) is 56.6 Å². The number of aliphatic carboxylic acids is 1. The van der Waals surface area contributed by atoms with Crippen LogP contribution in [0.3, 0.4) is 0 Å². The van der Waals surface area contributed by atoms with Crippen molar-refractivity contribution in [2.45, 2.75) is 132 Å². The van der Waals surface area contributed by atoms with E-state index in [1.165, 1.54) is 11.9 Å². The number of likely N-dealkylation sites (N-methyl/N-ethyl adjacent to an activating group) is 1. The van der Waals surface area contributed by atoms with Crippen molar-refractivity contribution in [3.63, 3.8) is 0 Å². The van der Waals surface area contributed by atoms with E-state index in [1.807, 2.05) is 11.7 Å². The first kappa shape index (κ1) is 39.4. The molecule has 5 aliphatic rings. The molecule has 10 nitrogen and oxygen atoms in total. The van der Waals surface area contributed by atoms with Crippen LogP contribution in [0.1, 0.15) is 131 Å². The Bertz CT molecular complexity index is 1580. The Balaban J connectivity index is 1.48. The molecule has 0 aromatic carbocycles. The van der Waals surface area contributed by atoms with Crippen LogP contribution in [-0.4, -0.2) is 77.3 Å². The Morgan fingerprint density at radius 1 is 1.06 bits per heavy atom. The van der Waals surface area contributed by atoms with Crippen LogP contribution in [0.4, 0.5) is 0 Å². The van der Waals surface area contributed by atoms with E-state index in [4.69, 9.17) is 14.6 Å². The lowest BCUT2D eigenvalue weighted by Gasteiger charge is -2.71. The van der Waals surface area contributed by atoms with Crippen LogP contribution < -0.4 is 10.6 Å². The number of hydrogen-bond acceptors (Lipinski definition) is 7. The fourth-order valence-electron chi connectivity index (χ4n) is 12.8. The fraction of sp³-hybridized carbons (Fsp3) is 0.857. The summed E-state index contributed by atoms with van der Waals surface area (Å²) in [7, 11) is 3.64. The molecule has 2 bridgehead atoms. The number of carboxylic acids is 1. The lowest BCUT2D eigenvalue weighted by atomic mass is 9.34. The van der Waals surface area contributed by atoms with Crippen LogP contribution in [0.2, 0.25) is 0 Å². The molecule has 3 saturated carbocycles. The first-order valence-electron chi connectivity index (χ1n) is 20.0. The second kappa shape index (κ2) is 12.9. The largest absolute Gasteiger partial charge is 0.481 e. The normalized spacial score (nSPS) is 41.9. The zero-order chi connectivity index (χ0) is 38.4. The molecule has 10 heteroatoms. The number of carbonyl (C=O) groups is 2. The molecule has 6 rings (SSSR count). The summed E-state index contributed by atoms with van der Waals surface area (Å²) in [6.07, 6.45) is 9.13. The number of fused-ring (bicyclic) bond motifs is 3. The van der Waals surface area contributed by atoms with Crippen LogP contribution in [-0.2, 0) is 14.3 Å². The number of nitrogens with one attached hydrogen (secondary N) is 2. The summed E-state index contributed by atoms with van der Waals surface area (Å²) in [5, 5.41) is 22.2. The predicted octanol–water partition coefficient (Wildman–Crippen LogP) is 7.18. The van der Waals surface area contributed by atoms with Gasteiger partial charge in [0.25, 0.3) is 5.91 Å². The summed E-state index contributed by atoms with van der Waals surface area (Å²) in [6, 6.07) is -0.255. The minimum absolute atomic E-state index is 0.0793. The van der Waals surface area contributed by atoms with Gasteiger partial charge in [0, 0.05) is 23.4 Å². The van der Waals surface area contributed by atoms with Gasteiger partial charge in [-0.1, -0.05) is 80.9 Å². The predicted molar refractivity (Wildman–Crippen MR) is 203 cm³/mol. The summed E-state index contributed by atoms with van der Waals surface area (Å²) >= 11 is 0. The van der Waals surface area contributed by atoms with Crippen molar-refractivity contribution in [2.24, 2.45) is 62.1 Å². The van der Waals surface area contributed by atoms with Gasteiger partial charge in [-0.25, -0.2) is 9.67 Å². The van der Waals surface area contributed by atoms with Gasteiger partial charge < -0.3 is 25.2 Å². The van der Waals surface area contributed by atoms with E-state index < -0.39 is 17.3 Å². The maximum absolute atomic E-state index is 13.5. The van der Waals surface area contributed by atoms with Gasteiger partial charge in [-0.15, -0.1) is 0 Å². The number of carbonyl (C=O) groups excluding carboxylic acids is 1. The minimum atomic E-state index is -0.643. The quantitative estimate of drug-likeness (QED) is 0.229. The van der Waals surface area contributed by atoms with Crippen molar-refractivity contribution >= 4 is 11.9 Å². The molecule has 1 amide bonds. The molecule has 1 saturated heterocycles. The van der Waals surface area contributed by atoms with Crippen molar-refractivity contribution in [1.82, 2.24) is 25.4 Å². The first-order chi connectivity index (χ1) is 24.1. The minimum Gasteiger partial charge on any atom is -0.481 e. The second-order valence-corrected chi connectivity index (χ2v) is 20.3. The Morgan fingerprint density at radius 3 is 2.35 bits per heavy atom. The third kappa shape index (κ3) is 5.33. The summed E-state index contributed by atoms with van der Waals surface area (Å²) in [5.41, 5.74) is -0.464. The molecule has 4 aliphatic carbocycles. The number of hydrogen-bond donors (Lipinski definition) is 3. The van der Waals surface area contributed by atoms with E-state index in [1.54, 1.807) is 7.05 Å². The average Bonchev–Trinajstić information content (AvgIpc) is 3.56. The highest BCUT2D eigenvalue weighted by atomic mass is 16.5. The number of nitrogens with zero attached hydrogens (tertiary/aromatic N) is 3. The summed E-state index contributed by atoms with van der Waals surface area (Å²) in [4.78, 5) is 31.3. The number of ether oxygens (including phenoxy) is 2. The van der Waals surface area contributed by atoms with Gasteiger partial charge in [-0.2, -0.15) is 5.10 Å². The summed E-state index contributed by atoms with van der Waals surface area (Å²) in [6.45, 7) is 26.7. The lowest BCUT2D eigenvalue weighted by Crippen LogP contribution is -2.69. The van der Waals surface area contributed by atoms with Crippen LogP contribution in [0.5, 0.6) is 0 Å². The van der Waals surface area contributed by atoms with Crippen LogP contribution >= 0.6 is 0 Å². The molecule has 1 aromatic heterocycles. The summed E-state index contributed by atoms with van der Waals surface area (Å²) in [5.74, 6) is 0.191. The fourth-order valence-corrected chi connectivity index (χ4v) is 12.8. The van der Waals surface area contributed by atoms with E-state index in [2.05, 4.69) is 97.9 Å². The van der Waals surface area contributed by atoms with Crippen molar-refractivity contribution in [3.05, 3.63) is 23.8 Å². The second-order valence-electron chi connectivity index (χ2n) is 20.3. The van der Waals surface area contributed by atoms with Gasteiger partial charge in [0.1, 0.15) is 6.33 Å². The molecule has 1 aromatic rings. The molecule has 12 atom stereocenters. The maximum Gasteiger partial charge on any atom is 0.307 e. The van der Waals surface area contributed by atoms with E-state index in [9.17, 15) is 14.7 Å². The average molecular weight is 724 g/mol. The Hall–Kier alpha value is -2.30. The molecule has 0 radical (unpaired) electrons. The molecule has 52 heavy (non-hydrogen) atoms. The van der Waals surface area contributed by atoms with E-state index in [0.717, 1.165) is 38.5 Å². The maximum atomic E-state index is 13.5. The number of amides is 1. The molecule has 292 valence electrons. The van der Waals surface area contributed by atoms with Crippen LogP contribution in [0.15, 0.2) is 18.0 Å². The Labute approximate surface area is 313 Å². The number of aromatic nitrogens is 3. The molecule has 2 heterocycles. The molecule has 3 N–H and O–H groups in total. The van der Waals surface area contributed by atoms with E-state index >= 15 is 0 Å².